The van der Waals surface area contributed by atoms with E-state index in [1.54, 1.807) is 24.0 Å². The van der Waals surface area contributed by atoms with Gasteiger partial charge in [0.2, 0.25) is 0 Å². The number of hydrogen-bond donors (Lipinski definition) is 1. The number of carbonyl (C=O) groups is 1. The maximum Gasteiger partial charge on any atom is 0.412 e. The summed E-state index contributed by atoms with van der Waals surface area (Å²) in [6.07, 6.45) is -0.511. The Morgan fingerprint density at radius 2 is 2.03 bits per heavy atom. The van der Waals surface area contributed by atoms with E-state index in [1.165, 1.54) is 11.3 Å². The zero-order valence-electron chi connectivity index (χ0n) is 16.2. The molecule has 6 nitrogen and oxygen atoms in total. The molecule has 0 saturated carbocycles. The van der Waals surface area contributed by atoms with Crippen LogP contribution in [0.5, 0.6) is 5.75 Å². The van der Waals surface area contributed by atoms with Crippen molar-refractivity contribution in [3.8, 4) is 16.3 Å². The van der Waals surface area contributed by atoms with Gasteiger partial charge in [-0.25, -0.2) is 14.8 Å². The topological polar surface area (TPSA) is 73.3 Å². The van der Waals surface area contributed by atoms with Crippen molar-refractivity contribution >= 4 is 44.0 Å². The normalized spacial score (nSPS) is 10.9. The standard InChI is InChI=1S/C21H19N3O3S2/c1-12-4-6-15(17(8-12)26-3)20-23-13(2)19(29-20)24-21(25)27-10-14-5-7-16-18(9-14)28-11-22-16/h4-9,11H,10H2,1-3H3,(H,24,25). The fraction of sp³-hybridized carbons (Fsp3) is 0.190. The lowest BCUT2D eigenvalue weighted by atomic mass is 10.1. The molecule has 1 amide bonds. The zero-order valence-corrected chi connectivity index (χ0v) is 17.8. The number of ether oxygens (including phenoxy) is 2. The molecule has 2 aromatic carbocycles. The van der Waals surface area contributed by atoms with Crippen molar-refractivity contribution in [2.24, 2.45) is 0 Å². The van der Waals surface area contributed by atoms with E-state index in [-0.39, 0.29) is 6.61 Å². The molecule has 0 atom stereocenters. The highest BCUT2D eigenvalue weighted by atomic mass is 32.1. The van der Waals surface area contributed by atoms with Crippen LogP contribution in [0.25, 0.3) is 20.8 Å². The molecule has 0 radical (unpaired) electrons. The summed E-state index contributed by atoms with van der Waals surface area (Å²) < 4.78 is 11.9. The van der Waals surface area contributed by atoms with E-state index in [1.807, 2.05) is 50.2 Å². The number of carbonyl (C=O) groups excluding carboxylic acids is 1. The summed E-state index contributed by atoms with van der Waals surface area (Å²) >= 11 is 2.95. The van der Waals surface area contributed by atoms with Gasteiger partial charge in [0, 0.05) is 0 Å². The molecular formula is C21H19N3O3S2. The molecule has 0 spiro atoms. The first-order valence-corrected chi connectivity index (χ1v) is 10.6. The Balaban J connectivity index is 1.44. The van der Waals surface area contributed by atoms with Crippen LogP contribution in [-0.2, 0) is 11.3 Å². The summed E-state index contributed by atoms with van der Waals surface area (Å²) in [5, 5.41) is 4.24. The van der Waals surface area contributed by atoms with Gasteiger partial charge in [-0.1, -0.05) is 23.5 Å². The number of methoxy groups -OCH3 is 1. The van der Waals surface area contributed by atoms with E-state index in [0.717, 1.165) is 43.4 Å². The molecule has 148 valence electrons. The van der Waals surface area contributed by atoms with Gasteiger partial charge in [0.05, 0.1) is 34.1 Å². The summed E-state index contributed by atoms with van der Waals surface area (Å²) in [5.74, 6) is 0.756. The average Bonchev–Trinajstić information content (AvgIpc) is 3.32. The molecule has 0 unspecified atom stereocenters. The first-order chi connectivity index (χ1) is 14.0. The van der Waals surface area contributed by atoms with E-state index in [9.17, 15) is 4.79 Å². The molecule has 1 N–H and O–H groups in total. The minimum absolute atomic E-state index is 0.191. The van der Waals surface area contributed by atoms with Gasteiger partial charge in [-0.15, -0.1) is 11.3 Å². The maximum atomic E-state index is 12.3. The molecule has 2 aromatic heterocycles. The highest BCUT2D eigenvalue weighted by Crippen LogP contribution is 2.37. The van der Waals surface area contributed by atoms with Crippen LogP contribution in [0.3, 0.4) is 0 Å². The average molecular weight is 426 g/mol. The van der Waals surface area contributed by atoms with Crippen molar-refractivity contribution in [1.29, 1.82) is 0 Å². The lowest BCUT2D eigenvalue weighted by Crippen LogP contribution is -2.13. The summed E-state index contributed by atoms with van der Waals surface area (Å²) in [5.41, 5.74) is 6.40. The number of anilines is 1. The Morgan fingerprint density at radius 1 is 1.17 bits per heavy atom. The third-order valence-electron chi connectivity index (χ3n) is 4.37. The number of benzene rings is 2. The Hall–Kier alpha value is -2.97. The number of amides is 1. The molecule has 29 heavy (non-hydrogen) atoms. The van der Waals surface area contributed by atoms with Gasteiger partial charge in [0.25, 0.3) is 0 Å². The van der Waals surface area contributed by atoms with Crippen molar-refractivity contribution in [2.75, 3.05) is 12.4 Å². The molecule has 0 saturated heterocycles. The summed E-state index contributed by atoms with van der Waals surface area (Å²) in [6, 6.07) is 11.8. The van der Waals surface area contributed by atoms with E-state index in [4.69, 9.17) is 9.47 Å². The van der Waals surface area contributed by atoms with Crippen LogP contribution in [-0.4, -0.2) is 23.2 Å². The number of aromatic nitrogens is 2. The van der Waals surface area contributed by atoms with Crippen molar-refractivity contribution in [1.82, 2.24) is 9.97 Å². The Labute approximate surface area is 176 Å². The minimum Gasteiger partial charge on any atom is -0.496 e. The predicted octanol–water partition coefficient (Wildman–Crippen LogP) is 5.79. The van der Waals surface area contributed by atoms with E-state index in [0.29, 0.717) is 5.00 Å². The van der Waals surface area contributed by atoms with Gasteiger partial charge < -0.3 is 9.47 Å². The smallest absolute Gasteiger partial charge is 0.412 e. The van der Waals surface area contributed by atoms with E-state index >= 15 is 0 Å². The molecule has 0 aliphatic carbocycles. The monoisotopic (exact) mass is 425 g/mol. The first kappa shape index (κ1) is 19.4. The lowest BCUT2D eigenvalue weighted by molar-refractivity contribution is 0.155. The van der Waals surface area contributed by atoms with Crippen molar-refractivity contribution in [2.45, 2.75) is 20.5 Å². The van der Waals surface area contributed by atoms with Gasteiger partial charge in [0.15, 0.2) is 0 Å². The summed E-state index contributed by atoms with van der Waals surface area (Å²) in [4.78, 5) is 21.1. The quantitative estimate of drug-likeness (QED) is 0.438. The van der Waals surface area contributed by atoms with Crippen molar-refractivity contribution in [3.05, 3.63) is 58.7 Å². The van der Waals surface area contributed by atoms with Crippen LogP contribution in [0.15, 0.2) is 41.9 Å². The van der Waals surface area contributed by atoms with Crippen LogP contribution in [0.4, 0.5) is 9.80 Å². The molecule has 0 aliphatic heterocycles. The van der Waals surface area contributed by atoms with Crippen LogP contribution < -0.4 is 10.1 Å². The first-order valence-electron chi connectivity index (χ1n) is 8.92. The van der Waals surface area contributed by atoms with Gasteiger partial charge in [-0.05, 0) is 49.2 Å². The lowest BCUT2D eigenvalue weighted by Gasteiger charge is -2.07. The van der Waals surface area contributed by atoms with Gasteiger partial charge in [-0.3, -0.25) is 5.32 Å². The highest BCUT2D eigenvalue weighted by Gasteiger charge is 2.16. The van der Waals surface area contributed by atoms with Crippen molar-refractivity contribution < 1.29 is 14.3 Å². The van der Waals surface area contributed by atoms with E-state index in [2.05, 4.69) is 15.3 Å². The number of thiazole rings is 2. The number of fused-ring (bicyclic) bond motifs is 1. The molecule has 0 bridgehead atoms. The Kier molecular flexibility index (Phi) is 5.46. The second-order valence-electron chi connectivity index (χ2n) is 6.49. The molecule has 2 heterocycles. The van der Waals surface area contributed by atoms with E-state index < -0.39 is 6.09 Å². The summed E-state index contributed by atoms with van der Waals surface area (Å²) in [7, 11) is 1.64. The minimum atomic E-state index is -0.511. The van der Waals surface area contributed by atoms with Gasteiger partial charge in [0.1, 0.15) is 22.4 Å². The Bertz CT molecular complexity index is 1180. The summed E-state index contributed by atoms with van der Waals surface area (Å²) in [6.45, 7) is 4.05. The number of nitrogens with one attached hydrogen (secondary N) is 1. The Morgan fingerprint density at radius 3 is 2.86 bits per heavy atom. The molecule has 4 aromatic rings. The molecule has 4 rings (SSSR count). The van der Waals surface area contributed by atoms with Crippen LogP contribution >= 0.6 is 22.7 Å². The predicted molar refractivity (Wildman–Crippen MR) is 117 cm³/mol. The second kappa shape index (κ2) is 8.18. The molecule has 0 fully saturated rings. The molecule has 0 aliphatic rings. The van der Waals surface area contributed by atoms with Crippen molar-refractivity contribution in [3.63, 3.8) is 0 Å². The SMILES string of the molecule is COc1cc(C)ccc1-c1nc(C)c(NC(=O)OCc2ccc3ncsc3c2)s1. The van der Waals surface area contributed by atoms with Crippen LogP contribution in [0.2, 0.25) is 0 Å². The fourth-order valence-electron chi connectivity index (χ4n) is 2.87. The molecular weight excluding hydrogens is 406 g/mol. The fourth-order valence-corrected chi connectivity index (χ4v) is 4.59. The van der Waals surface area contributed by atoms with Crippen LogP contribution in [0, 0.1) is 13.8 Å². The second-order valence-corrected chi connectivity index (χ2v) is 8.38. The van der Waals surface area contributed by atoms with Gasteiger partial charge in [-0.2, -0.15) is 0 Å². The zero-order chi connectivity index (χ0) is 20.4. The number of nitrogens with zero attached hydrogens (tertiary/aromatic N) is 2. The third-order valence-corrected chi connectivity index (χ3v) is 6.26. The molecule has 8 heteroatoms. The number of aryl methyl sites for hydroxylation is 2. The van der Waals surface area contributed by atoms with Crippen LogP contribution in [0.1, 0.15) is 16.8 Å². The third kappa shape index (κ3) is 4.23. The highest BCUT2D eigenvalue weighted by molar-refractivity contribution is 7.19. The van der Waals surface area contributed by atoms with Gasteiger partial charge >= 0.3 is 6.09 Å². The number of rotatable bonds is 5. The number of hydrogen-bond acceptors (Lipinski definition) is 7. The largest absolute Gasteiger partial charge is 0.496 e. The maximum absolute atomic E-state index is 12.3.